The van der Waals surface area contributed by atoms with E-state index in [2.05, 4.69) is 9.98 Å². The van der Waals surface area contributed by atoms with Gasteiger partial charge in [-0.05, 0) is 11.6 Å². The minimum absolute atomic E-state index is 0.468. The minimum Gasteiger partial charge on any atom is -0.350 e. The number of carbonyl (C=O) groups excluding carboxylic acids is 1. The summed E-state index contributed by atoms with van der Waals surface area (Å²) in [6.07, 6.45) is 1.72. The number of pyridine rings is 1. The molecule has 0 aromatic carbocycles. The van der Waals surface area contributed by atoms with Crippen LogP contribution < -0.4 is 5.73 Å². The molecule has 2 N–H and O–H groups in total. The first kappa shape index (κ1) is 12.2. The fourth-order valence-electron chi connectivity index (χ4n) is 1.50. The Morgan fingerprint density at radius 2 is 2.47 bits per heavy atom. The molecule has 0 radical (unpaired) electrons. The van der Waals surface area contributed by atoms with E-state index >= 15 is 0 Å². The summed E-state index contributed by atoms with van der Waals surface area (Å²) in [4.78, 5) is 20.5. The second kappa shape index (κ2) is 5.37. The summed E-state index contributed by atoms with van der Waals surface area (Å²) in [5.41, 5.74) is 6.07. The first-order valence-corrected chi connectivity index (χ1v) is 6.38. The number of amides is 2. The van der Waals surface area contributed by atoms with E-state index < -0.39 is 6.03 Å². The fourth-order valence-corrected chi connectivity index (χ4v) is 2.60. The number of aromatic nitrogens is 1. The highest BCUT2D eigenvalue weighted by Crippen LogP contribution is 2.20. The Hall–Kier alpha value is -1.27. The van der Waals surface area contributed by atoms with Crippen LogP contribution in [0.1, 0.15) is 5.56 Å². The van der Waals surface area contributed by atoms with Gasteiger partial charge >= 0.3 is 6.03 Å². The van der Waals surface area contributed by atoms with Crippen molar-refractivity contribution in [3.05, 3.63) is 29.0 Å². The molecule has 90 valence electrons. The predicted octanol–water partition coefficient (Wildman–Crippen LogP) is 1.72. The van der Waals surface area contributed by atoms with E-state index in [1.54, 1.807) is 12.3 Å². The molecule has 1 aromatic heterocycles. The molecule has 1 aliphatic heterocycles. The topological polar surface area (TPSA) is 71.6 Å². The van der Waals surface area contributed by atoms with Crippen LogP contribution in [-0.4, -0.2) is 33.4 Å². The molecule has 2 amide bonds. The number of thioether (sulfide) groups is 1. The van der Waals surface area contributed by atoms with Gasteiger partial charge < -0.3 is 10.6 Å². The summed E-state index contributed by atoms with van der Waals surface area (Å²) in [6, 6.07) is 2.99. The third-order valence-electron chi connectivity index (χ3n) is 2.23. The van der Waals surface area contributed by atoms with Crippen LogP contribution in [0.15, 0.2) is 23.3 Å². The van der Waals surface area contributed by atoms with Crippen LogP contribution in [0.4, 0.5) is 4.79 Å². The van der Waals surface area contributed by atoms with E-state index in [0.717, 1.165) is 17.9 Å². The molecule has 0 aliphatic carbocycles. The molecule has 1 aliphatic rings. The average molecular weight is 271 g/mol. The highest BCUT2D eigenvalue weighted by molar-refractivity contribution is 8.14. The average Bonchev–Trinajstić information content (AvgIpc) is 2.68. The molecule has 0 saturated carbocycles. The number of carbonyl (C=O) groups is 1. The molecule has 0 bridgehead atoms. The summed E-state index contributed by atoms with van der Waals surface area (Å²) in [5, 5.41) is 1.14. The van der Waals surface area contributed by atoms with Crippen molar-refractivity contribution in [2.75, 3.05) is 12.3 Å². The smallest absolute Gasteiger partial charge is 0.340 e. The number of hydrogen-bond donors (Lipinski definition) is 1. The lowest BCUT2D eigenvalue weighted by molar-refractivity contribution is 0.256. The molecule has 5 nitrogen and oxygen atoms in total. The van der Waals surface area contributed by atoms with E-state index in [0.29, 0.717) is 16.9 Å². The molecule has 0 atom stereocenters. The van der Waals surface area contributed by atoms with Crippen LogP contribution in [0.2, 0.25) is 5.15 Å². The molecule has 1 saturated heterocycles. The quantitative estimate of drug-likeness (QED) is 0.831. The summed E-state index contributed by atoms with van der Waals surface area (Å²) >= 11 is 7.24. The second-order valence-electron chi connectivity index (χ2n) is 3.49. The Morgan fingerprint density at radius 3 is 3.12 bits per heavy atom. The molecule has 0 unspecified atom stereocenters. The standard InChI is InChI=1S/C10H11ClN4OS/c11-8-2-1-7(5-13-8)6-15-3-4-17-10(15)14-9(12)16/h1-2,5H,3-4,6H2,(H2,12,16)/b14-10-. The molecular formula is C10H11ClN4OS. The zero-order valence-electron chi connectivity index (χ0n) is 8.97. The van der Waals surface area contributed by atoms with Gasteiger partial charge in [0, 0.05) is 25.0 Å². The number of aliphatic imine (C=N–C) groups is 1. The number of amidine groups is 1. The number of nitrogens with two attached hydrogens (primary N) is 1. The number of hydrogen-bond acceptors (Lipinski definition) is 3. The summed E-state index contributed by atoms with van der Waals surface area (Å²) < 4.78 is 0. The van der Waals surface area contributed by atoms with Crippen molar-refractivity contribution in [3.8, 4) is 0 Å². The Labute approximate surface area is 108 Å². The molecular weight excluding hydrogens is 260 g/mol. The Morgan fingerprint density at radius 1 is 1.65 bits per heavy atom. The van der Waals surface area contributed by atoms with Gasteiger partial charge in [-0.15, -0.1) is 0 Å². The van der Waals surface area contributed by atoms with Crippen molar-refractivity contribution in [2.24, 2.45) is 10.7 Å². The Balaban J connectivity index is 2.07. The lowest BCUT2D eigenvalue weighted by Crippen LogP contribution is -2.25. The van der Waals surface area contributed by atoms with E-state index in [1.807, 2.05) is 11.0 Å². The van der Waals surface area contributed by atoms with Crippen molar-refractivity contribution < 1.29 is 4.79 Å². The van der Waals surface area contributed by atoms with Gasteiger partial charge in [-0.1, -0.05) is 29.4 Å². The van der Waals surface area contributed by atoms with Gasteiger partial charge in [-0.3, -0.25) is 0 Å². The van der Waals surface area contributed by atoms with Gasteiger partial charge in [-0.2, -0.15) is 4.99 Å². The van der Waals surface area contributed by atoms with Crippen LogP contribution in [0.3, 0.4) is 0 Å². The van der Waals surface area contributed by atoms with Crippen LogP contribution in [0, 0.1) is 0 Å². The SMILES string of the molecule is NC(=O)/N=C1\SCCN1Cc1ccc(Cl)nc1. The molecule has 7 heteroatoms. The molecule has 2 rings (SSSR count). The number of nitrogens with zero attached hydrogens (tertiary/aromatic N) is 3. The summed E-state index contributed by atoms with van der Waals surface area (Å²) in [5.74, 6) is 0.910. The first-order valence-electron chi connectivity index (χ1n) is 5.01. The molecule has 1 aromatic rings. The third-order valence-corrected chi connectivity index (χ3v) is 3.45. The molecule has 2 heterocycles. The van der Waals surface area contributed by atoms with Crippen LogP contribution in [-0.2, 0) is 6.54 Å². The van der Waals surface area contributed by atoms with Crippen LogP contribution >= 0.6 is 23.4 Å². The van der Waals surface area contributed by atoms with E-state index in [4.69, 9.17) is 17.3 Å². The van der Waals surface area contributed by atoms with Gasteiger partial charge in [0.15, 0.2) is 5.17 Å². The van der Waals surface area contributed by atoms with Gasteiger partial charge in [0.25, 0.3) is 0 Å². The minimum atomic E-state index is -0.659. The molecule has 0 spiro atoms. The maximum atomic E-state index is 10.8. The lowest BCUT2D eigenvalue weighted by atomic mass is 10.3. The number of halogens is 1. The van der Waals surface area contributed by atoms with Crippen LogP contribution in [0.25, 0.3) is 0 Å². The lowest BCUT2D eigenvalue weighted by Gasteiger charge is -2.16. The second-order valence-corrected chi connectivity index (χ2v) is 4.94. The van der Waals surface area contributed by atoms with Crippen molar-refractivity contribution in [1.82, 2.24) is 9.88 Å². The van der Waals surface area contributed by atoms with Crippen molar-refractivity contribution in [1.29, 1.82) is 0 Å². The predicted molar refractivity (Wildman–Crippen MR) is 69.1 cm³/mol. The monoisotopic (exact) mass is 270 g/mol. The number of urea groups is 1. The largest absolute Gasteiger partial charge is 0.350 e. The van der Waals surface area contributed by atoms with Crippen molar-refractivity contribution >= 4 is 34.6 Å². The summed E-state index contributed by atoms with van der Waals surface area (Å²) in [6.45, 7) is 1.50. The maximum absolute atomic E-state index is 10.8. The summed E-state index contributed by atoms with van der Waals surface area (Å²) in [7, 11) is 0. The number of primary amides is 1. The Bertz CT molecular complexity index is 448. The molecule has 17 heavy (non-hydrogen) atoms. The highest BCUT2D eigenvalue weighted by atomic mass is 35.5. The first-order chi connectivity index (χ1) is 8.15. The maximum Gasteiger partial charge on any atom is 0.340 e. The van der Waals surface area contributed by atoms with Gasteiger partial charge in [0.05, 0.1) is 0 Å². The Kier molecular flexibility index (Phi) is 3.86. The normalized spacial score (nSPS) is 17.7. The van der Waals surface area contributed by atoms with Gasteiger partial charge in [0.1, 0.15) is 5.15 Å². The van der Waals surface area contributed by atoms with E-state index in [9.17, 15) is 4.79 Å². The fraction of sp³-hybridized carbons (Fsp3) is 0.300. The van der Waals surface area contributed by atoms with Crippen LogP contribution in [0.5, 0.6) is 0 Å². The molecule has 1 fully saturated rings. The van der Waals surface area contributed by atoms with Gasteiger partial charge in [0.2, 0.25) is 0 Å². The zero-order valence-corrected chi connectivity index (χ0v) is 10.5. The van der Waals surface area contributed by atoms with E-state index in [1.165, 1.54) is 11.8 Å². The third kappa shape index (κ3) is 3.34. The van der Waals surface area contributed by atoms with Crippen molar-refractivity contribution in [3.63, 3.8) is 0 Å². The highest BCUT2D eigenvalue weighted by Gasteiger charge is 2.20. The number of rotatable bonds is 2. The van der Waals surface area contributed by atoms with E-state index in [-0.39, 0.29) is 0 Å². The van der Waals surface area contributed by atoms with Crippen molar-refractivity contribution in [2.45, 2.75) is 6.54 Å². The zero-order chi connectivity index (χ0) is 12.3. The van der Waals surface area contributed by atoms with Gasteiger partial charge in [-0.25, -0.2) is 9.78 Å².